The molecule has 1 aliphatic rings. The largest absolute Gasteiger partial charge is 0.455 e. The fraction of sp³-hybridized carbons (Fsp3) is 0.227. The van der Waals surface area contributed by atoms with Crippen molar-refractivity contribution in [2.24, 2.45) is 0 Å². The van der Waals surface area contributed by atoms with E-state index in [9.17, 15) is 21.9 Å². The van der Waals surface area contributed by atoms with Gasteiger partial charge in [-0.1, -0.05) is 132 Å². The second-order valence-corrected chi connectivity index (χ2v) is 20.8. The molecular weight excluding hydrogens is 917 g/mol. The van der Waals surface area contributed by atoms with Crippen LogP contribution in [0.3, 0.4) is 0 Å². The summed E-state index contributed by atoms with van der Waals surface area (Å²) in [5.74, 6) is -1.44. The van der Waals surface area contributed by atoms with E-state index in [-0.39, 0.29) is 113 Å². The summed E-state index contributed by atoms with van der Waals surface area (Å²) in [5.41, 5.74) is 6.39. The molecule has 0 aliphatic heterocycles. The average Bonchev–Trinajstić information content (AvgIpc) is 1.46. The summed E-state index contributed by atoms with van der Waals surface area (Å²) >= 11 is 0. The van der Waals surface area contributed by atoms with Gasteiger partial charge in [-0.25, -0.2) is 0 Å². The number of fused-ring (bicyclic) bond motifs is 8. The van der Waals surface area contributed by atoms with Gasteiger partial charge in [0.05, 0.1) is 38.3 Å². The molecule has 12 rings (SSSR count). The molecule has 0 saturated carbocycles. The molecule has 2 atom stereocenters. The fourth-order valence-electron chi connectivity index (χ4n) is 12.9. The predicted octanol–water partition coefficient (Wildman–Crippen LogP) is 20.2. The van der Waals surface area contributed by atoms with E-state index in [2.05, 4.69) is 0 Å². The first kappa shape index (κ1) is 29.0. The molecule has 76 heavy (non-hydrogen) atoms. The lowest BCUT2D eigenvalue weighted by Gasteiger charge is -2.41. The van der Waals surface area contributed by atoms with E-state index in [4.69, 9.17) is 15.4 Å². The Kier molecular flexibility index (Phi) is 6.84. The van der Waals surface area contributed by atoms with Crippen LogP contribution in [-0.4, -0.2) is 0 Å². The third kappa shape index (κ3) is 6.97. The van der Waals surface area contributed by atoms with Crippen LogP contribution in [0.2, 0.25) is 0 Å². The van der Waals surface area contributed by atoms with Crippen molar-refractivity contribution in [3.8, 4) is 33.4 Å². The minimum Gasteiger partial charge on any atom is -0.455 e. The van der Waals surface area contributed by atoms with Crippen molar-refractivity contribution < 1.29 is 37.3 Å². The van der Waals surface area contributed by atoms with E-state index >= 15 is 0 Å². The quantitative estimate of drug-likeness (QED) is 0.145. The lowest BCUT2D eigenvalue weighted by atomic mass is 9.60. The molecule has 0 bridgehead atoms. The van der Waals surface area contributed by atoms with Crippen LogP contribution in [0.5, 0.6) is 0 Å². The monoisotopic (exact) mass is 1010 g/mol. The number of furan rings is 1. The number of hydrogen-bond acceptors (Lipinski definition) is 1. The summed E-state index contributed by atoms with van der Waals surface area (Å²) in [7, 11) is 0. The number of hydrogen-bond donors (Lipinski definition) is 0. The first-order valence-corrected chi connectivity index (χ1v) is 25.5. The van der Waals surface area contributed by atoms with Crippen molar-refractivity contribution in [1.29, 1.82) is 0 Å². The van der Waals surface area contributed by atoms with Gasteiger partial charge in [0.15, 0.2) is 0 Å². The first-order valence-electron chi connectivity index (χ1n) is 37.5. The zero-order chi connectivity index (χ0) is 74.3. The predicted molar refractivity (Wildman–Crippen MR) is 324 cm³/mol. The van der Waals surface area contributed by atoms with Gasteiger partial charge in [-0.15, -0.1) is 0 Å². The summed E-state index contributed by atoms with van der Waals surface area (Å²) in [6, 6.07) is -12.4. The Balaban J connectivity index is 1.39. The Hall–Kier alpha value is -7.74. The van der Waals surface area contributed by atoms with Crippen molar-refractivity contribution in [1.82, 2.24) is 0 Å². The van der Waals surface area contributed by atoms with Crippen LogP contribution in [-0.2, 0) is 5.41 Å². The smallest absolute Gasteiger partial charge is 0.143 e. The second kappa shape index (κ2) is 18.0. The fourth-order valence-corrected chi connectivity index (χ4v) is 12.9. The van der Waals surface area contributed by atoms with E-state index < -0.39 is 143 Å². The van der Waals surface area contributed by atoms with Crippen LogP contribution in [0.4, 0.5) is 0 Å². The molecule has 1 aromatic heterocycles. The van der Waals surface area contributed by atoms with Crippen molar-refractivity contribution in [3.63, 3.8) is 0 Å². The maximum atomic E-state index is 10.8. The molecule has 0 radical (unpaired) electrons. The molecule has 0 saturated heterocycles. The van der Waals surface area contributed by atoms with Gasteiger partial charge >= 0.3 is 0 Å². The van der Waals surface area contributed by atoms with E-state index in [1.807, 2.05) is 69.2 Å². The zero-order valence-corrected chi connectivity index (χ0v) is 45.5. The molecule has 0 spiro atoms. The van der Waals surface area contributed by atoms with E-state index in [0.29, 0.717) is 89.0 Å². The third-order valence-electron chi connectivity index (χ3n) is 16.6. The normalized spacial score (nSPS) is 18.9. The van der Waals surface area contributed by atoms with Crippen molar-refractivity contribution >= 4 is 32.7 Å². The summed E-state index contributed by atoms with van der Waals surface area (Å²) in [4.78, 5) is 0. The highest BCUT2D eigenvalue weighted by atomic mass is 16.3. The average molecular weight is 1010 g/mol. The molecule has 0 fully saturated rings. The van der Waals surface area contributed by atoms with Gasteiger partial charge in [0.25, 0.3) is 0 Å². The van der Waals surface area contributed by atoms with Gasteiger partial charge in [0, 0.05) is 22.1 Å². The first-order chi connectivity index (χ1) is 46.5. The van der Waals surface area contributed by atoms with Crippen molar-refractivity contribution in [2.75, 3.05) is 0 Å². The molecule has 1 heterocycles. The number of aryl methyl sites for hydroxylation is 1. The van der Waals surface area contributed by atoms with Gasteiger partial charge in [-0.05, 0) is 278 Å². The Morgan fingerprint density at radius 3 is 1.67 bits per heavy atom. The molecule has 10 aromatic carbocycles. The maximum Gasteiger partial charge on any atom is 0.143 e. The lowest BCUT2D eigenvalue weighted by molar-refractivity contribution is 0.667. The Bertz CT molecular complexity index is 5530. The molecule has 11 aromatic rings. The number of rotatable bonds is 7. The van der Waals surface area contributed by atoms with Gasteiger partial charge < -0.3 is 4.42 Å². The van der Waals surface area contributed by atoms with Crippen LogP contribution < -0.4 is 0 Å². The van der Waals surface area contributed by atoms with E-state index in [1.165, 1.54) is 6.92 Å². The molecular formula is C75H70O. The summed E-state index contributed by atoms with van der Waals surface area (Å²) < 4.78 is 235. The third-order valence-corrected chi connectivity index (χ3v) is 16.6. The Morgan fingerprint density at radius 1 is 0.355 bits per heavy atom. The van der Waals surface area contributed by atoms with Gasteiger partial charge in [-0.2, -0.15) is 0 Å². The van der Waals surface area contributed by atoms with Crippen LogP contribution >= 0.6 is 0 Å². The van der Waals surface area contributed by atoms with Crippen LogP contribution in [0.15, 0.2) is 149 Å². The summed E-state index contributed by atoms with van der Waals surface area (Å²) in [6.07, 6.45) is 0. The maximum absolute atomic E-state index is 10.8. The van der Waals surface area contributed by atoms with Gasteiger partial charge in [0.2, 0.25) is 0 Å². The van der Waals surface area contributed by atoms with E-state index in [0.717, 1.165) is 0 Å². The Labute approximate surface area is 485 Å². The summed E-state index contributed by atoms with van der Waals surface area (Å²) in [6.45, 7) is 26.6. The molecule has 1 aliphatic carbocycles. The zero-order valence-electron chi connectivity index (χ0n) is 69.5. The molecule has 0 N–H and O–H groups in total. The minimum atomic E-state index is -1.77. The Morgan fingerprint density at radius 2 is 0.947 bits per heavy atom. The SMILES string of the molecule is [2H]c1c([2H])c([2H])c(-c2c([2H])c3c(oc4c(C)c(C(c5c([2H])c(-c6c([2H])c([2H])c([2H])c(C)c6[2H])c([2H])c([2H])c5C)c5c(C)c(C)c6c(c5C)C(c5c([2H])c([2H])c([2H])c([2H])c5C)(c5c(C)c(C)c([2H])c(C)c5C)c5c(C)c(C)c([2H])c(C)c5-6)c(C)c([2H])c43)c3c([2H])c([2H])c([2H])c([2H])c23)c([2H])c1[2H]. The standard InChI is InChI=1S/C75H70O/c1-40-24-23-28-56(34-40)57-33-32-41(2)60(38-57)69(65-47(8)37-62-63-39-61(55-26-17-16-18-27-55)58-29-20-21-30-59(58)74(63)76-73(62)54(65)15)67-51(12)52(13)68-66-46(7)36-45(6)50(11)71(66)75(72(68)53(67)14,64-31-22-19-25-42(64)3)70-48(9)43(4)35-44(5)49(70)10/h16-39,69H,1-15H3/i16D,17D,18D,19D,20D,21D,22D,23D,24D,25D,26D,27D,28D,29D,30D,31D,32D,33D,34D,35D,36D,37D,38D,39D. The van der Waals surface area contributed by atoms with Crippen LogP contribution in [0.25, 0.3) is 66.1 Å². The lowest BCUT2D eigenvalue weighted by Crippen LogP contribution is -2.34. The molecule has 1 nitrogen and oxygen atoms in total. The topological polar surface area (TPSA) is 13.1 Å². The van der Waals surface area contributed by atoms with Crippen LogP contribution in [0.1, 0.15) is 161 Å². The number of benzene rings is 10. The van der Waals surface area contributed by atoms with Gasteiger partial charge in [0.1, 0.15) is 11.2 Å². The highest BCUT2D eigenvalue weighted by Gasteiger charge is 2.53. The highest BCUT2D eigenvalue weighted by Crippen LogP contribution is 2.64. The van der Waals surface area contributed by atoms with E-state index in [1.54, 1.807) is 27.7 Å². The summed E-state index contributed by atoms with van der Waals surface area (Å²) in [5, 5.41) is -1.02. The highest BCUT2D eigenvalue weighted by molar-refractivity contribution is 6.19. The van der Waals surface area contributed by atoms with Gasteiger partial charge in [-0.3, -0.25) is 0 Å². The molecule has 2 unspecified atom stereocenters. The molecule has 1 heteroatoms. The molecule has 0 amide bonds. The minimum absolute atomic E-state index is 0.0120. The van der Waals surface area contributed by atoms with Crippen LogP contribution in [0, 0.1) is 104 Å². The molecule has 376 valence electrons. The van der Waals surface area contributed by atoms with Crippen molar-refractivity contribution in [2.45, 2.75) is 115 Å². The van der Waals surface area contributed by atoms with Crippen molar-refractivity contribution in [3.05, 3.63) is 267 Å². The second-order valence-electron chi connectivity index (χ2n) is 20.8.